The van der Waals surface area contributed by atoms with Crippen molar-refractivity contribution in [2.75, 3.05) is 26.0 Å². The average Bonchev–Trinajstić information content (AvgIpc) is 2.52. The number of ether oxygens (including phenoxy) is 1. The summed E-state index contributed by atoms with van der Waals surface area (Å²) in [6, 6.07) is 17.0. The van der Waals surface area contributed by atoms with Crippen molar-refractivity contribution in [2.24, 2.45) is 0 Å². The molecule has 0 bridgehead atoms. The molecule has 2 aromatic carbocycles. The van der Waals surface area contributed by atoms with Gasteiger partial charge in [0.2, 0.25) is 0 Å². The van der Waals surface area contributed by atoms with E-state index in [9.17, 15) is 4.79 Å². The molecular formula is C17H20N2O2. The van der Waals surface area contributed by atoms with Crippen LogP contribution in [0.1, 0.15) is 15.9 Å². The lowest BCUT2D eigenvalue weighted by Crippen LogP contribution is -2.33. The van der Waals surface area contributed by atoms with Crippen molar-refractivity contribution >= 4 is 11.6 Å². The summed E-state index contributed by atoms with van der Waals surface area (Å²) in [5, 5.41) is 0. The Morgan fingerprint density at radius 1 is 1.10 bits per heavy atom. The van der Waals surface area contributed by atoms with E-state index in [1.54, 1.807) is 24.1 Å². The summed E-state index contributed by atoms with van der Waals surface area (Å²) in [5.74, 6) is -0.0750. The number of nitrogens with two attached hydrogens (primary N) is 1. The second kappa shape index (κ2) is 7.45. The Hall–Kier alpha value is -2.33. The van der Waals surface area contributed by atoms with E-state index in [0.29, 0.717) is 30.9 Å². The van der Waals surface area contributed by atoms with E-state index in [0.717, 1.165) is 5.56 Å². The van der Waals surface area contributed by atoms with Crippen molar-refractivity contribution in [1.29, 1.82) is 0 Å². The molecular weight excluding hydrogens is 264 g/mol. The summed E-state index contributed by atoms with van der Waals surface area (Å²) >= 11 is 0. The average molecular weight is 284 g/mol. The van der Waals surface area contributed by atoms with Crippen LogP contribution in [0.4, 0.5) is 5.69 Å². The predicted octanol–water partition coefficient (Wildman–Crippen LogP) is 2.56. The highest BCUT2D eigenvalue weighted by molar-refractivity contribution is 5.99. The van der Waals surface area contributed by atoms with E-state index in [1.165, 1.54) is 0 Å². The van der Waals surface area contributed by atoms with Crippen LogP contribution in [0.5, 0.6) is 0 Å². The van der Waals surface area contributed by atoms with Gasteiger partial charge < -0.3 is 15.4 Å². The number of amides is 1. The zero-order chi connectivity index (χ0) is 15.1. The van der Waals surface area contributed by atoms with Gasteiger partial charge in [0, 0.05) is 25.9 Å². The Morgan fingerprint density at radius 2 is 1.76 bits per heavy atom. The Bertz CT molecular complexity index is 584. The number of carbonyl (C=O) groups excluding carboxylic acids is 1. The van der Waals surface area contributed by atoms with Gasteiger partial charge in [0.25, 0.3) is 5.91 Å². The SMILES string of the molecule is COCCN(Cc1ccccc1)C(=O)c1ccccc1N. The zero-order valence-electron chi connectivity index (χ0n) is 12.2. The van der Waals surface area contributed by atoms with Crippen molar-refractivity contribution in [3.05, 3.63) is 65.7 Å². The smallest absolute Gasteiger partial charge is 0.256 e. The van der Waals surface area contributed by atoms with Crippen LogP contribution in [-0.2, 0) is 11.3 Å². The quantitative estimate of drug-likeness (QED) is 0.829. The fourth-order valence-electron chi connectivity index (χ4n) is 2.12. The van der Waals surface area contributed by atoms with Crippen LogP contribution in [0.3, 0.4) is 0 Å². The molecule has 2 N–H and O–H groups in total. The molecule has 0 saturated heterocycles. The predicted molar refractivity (Wildman–Crippen MR) is 83.9 cm³/mol. The van der Waals surface area contributed by atoms with Crippen LogP contribution in [0.25, 0.3) is 0 Å². The molecule has 0 aliphatic rings. The maximum absolute atomic E-state index is 12.7. The van der Waals surface area contributed by atoms with Gasteiger partial charge in [-0.3, -0.25) is 4.79 Å². The normalized spacial score (nSPS) is 10.3. The van der Waals surface area contributed by atoms with Crippen molar-refractivity contribution in [1.82, 2.24) is 4.90 Å². The Kier molecular flexibility index (Phi) is 5.35. The monoisotopic (exact) mass is 284 g/mol. The third kappa shape index (κ3) is 4.07. The van der Waals surface area contributed by atoms with E-state index in [2.05, 4.69) is 0 Å². The zero-order valence-corrected chi connectivity index (χ0v) is 12.2. The van der Waals surface area contributed by atoms with Crippen LogP contribution in [0, 0.1) is 0 Å². The number of para-hydroxylation sites is 1. The van der Waals surface area contributed by atoms with E-state index in [-0.39, 0.29) is 5.91 Å². The fraction of sp³-hybridized carbons (Fsp3) is 0.235. The standard InChI is InChI=1S/C17H20N2O2/c1-21-12-11-19(13-14-7-3-2-4-8-14)17(20)15-9-5-6-10-16(15)18/h2-10H,11-13,18H2,1H3. The van der Waals surface area contributed by atoms with Gasteiger partial charge in [0.1, 0.15) is 0 Å². The van der Waals surface area contributed by atoms with Gasteiger partial charge in [-0.05, 0) is 17.7 Å². The summed E-state index contributed by atoms with van der Waals surface area (Å²) in [6.07, 6.45) is 0. The number of carbonyl (C=O) groups is 1. The maximum atomic E-state index is 12.7. The van der Waals surface area contributed by atoms with Gasteiger partial charge in [-0.1, -0.05) is 42.5 Å². The molecule has 0 aromatic heterocycles. The molecule has 1 amide bonds. The lowest BCUT2D eigenvalue weighted by molar-refractivity contribution is 0.0681. The van der Waals surface area contributed by atoms with Crippen molar-refractivity contribution < 1.29 is 9.53 Å². The lowest BCUT2D eigenvalue weighted by Gasteiger charge is -2.23. The number of rotatable bonds is 6. The first-order chi connectivity index (χ1) is 10.2. The molecule has 0 aliphatic carbocycles. The molecule has 0 aliphatic heterocycles. The van der Waals surface area contributed by atoms with Crippen molar-refractivity contribution in [3.63, 3.8) is 0 Å². The molecule has 0 fully saturated rings. The molecule has 0 unspecified atom stereocenters. The minimum Gasteiger partial charge on any atom is -0.398 e. The molecule has 4 heteroatoms. The van der Waals surface area contributed by atoms with Gasteiger partial charge >= 0.3 is 0 Å². The first-order valence-corrected chi connectivity index (χ1v) is 6.89. The van der Waals surface area contributed by atoms with Gasteiger partial charge in [-0.15, -0.1) is 0 Å². The molecule has 2 rings (SSSR count). The first kappa shape index (κ1) is 15.1. The topological polar surface area (TPSA) is 55.6 Å². The largest absolute Gasteiger partial charge is 0.398 e. The Labute approximate surface area is 125 Å². The number of hydrogen-bond donors (Lipinski definition) is 1. The molecule has 0 radical (unpaired) electrons. The number of nitrogen functional groups attached to an aromatic ring is 1. The summed E-state index contributed by atoms with van der Waals surface area (Å²) < 4.78 is 5.10. The first-order valence-electron chi connectivity index (χ1n) is 6.89. The van der Waals surface area contributed by atoms with Gasteiger partial charge in [-0.25, -0.2) is 0 Å². The highest BCUT2D eigenvalue weighted by Gasteiger charge is 2.17. The summed E-state index contributed by atoms with van der Waals surface area (Å²) in [5.41, 5.74) is 8.01. The highest BCUT2D eigenvalue weighted by atomic mass is 16.5. The van der Waals surface area contributed by atoms with Crippen molar-refractivity contribution in [2.45, 2.75) is 6.54 Å². The third-order valence-corrected chi connectivity index (χ3v) is 3.26. The minimum absolute atomic E-state index is 0.0750. The number of nitrogens with zero attached hydrogens (tertiary/aromatic N) is 1. The molecule has 4 nitrogen and oxygen atoms in total. The van der Waals surface area contributed by atoms with Crippen LogP contribution in [0.2, 0.25) is 0 Å². The molecule has 0 atom stereocenters. The van der Waals surface area contributed by atoms with Crippen LogP contribution < -0.4 is 5.73 Å². The van der Waals surface area contributed by atoms with E-state index in [4.69, 9.17) is 10.5 Å². The summed E-state index contributed by atoms with van der Waals surface area (Å²) in [6.45, 7) is 1.56. The Balaban J connectivity index is 2.19. The molecule has 0 saturated carbocycles. The van der Waals surface area contributed by atoms with Crippen LogP contribution in [-0.4, -0.2) is 31.1 Å². The summed E-state index contributed by atoms with van der Waals surface area (Å²) in [7, 11) is 1.63. The van der Waals surface area contributed by atoms with Crippen LogP contribution in [0.15, 0.2) is 54.6 Å². The maximum Gasteiger partial charge on any atom is 0.256 e. The molecule has 21 heavy (non-hydrogen) atoms. The van der Waals surface area contributed by atoms with E-state index in [1.807, 2.05) is 42.5 Å². The van der Waals surface area contributed by atoms with Gasteiger partial charge in [-0.2, -0.15) is 0 Å². The number of hydrogen-bond acceptors (Lipinski definition) is 3. The molecule has 2 aromatic rings. The highest BCUT2D eigenvalue weighted by Crippen LogP contribution is 2.15. The van der Waals surface area contributed by atoms with E-state index >= 15 is 0 Å². The van der Waals surface area contributed by atoms with Crippen molar-refractivity contribution in [3.8, 4) is 0 Å². The second-order valence-electron chi connectivity index (χ2n) is 4.79. The lowest BCUT2D eigenvalue weighted by atomic mass is 10.1. The number of benzene rings is 2. The second-order valence-corrected chi connectivity index (χ2v) is 4.79. The molecule has 110 valence electrons. The summed E-state index contributed by atoms with van der Waals surface area (Å²) in [4.78, 5) is 14.4. The minimum atomic E-state index is -0.0750. The van der Waals surface area contributed by atoms with Gasteiger partial charge in [0.15, 0.2) is 0 Å². The number of anilines is 1. The third-order valence-electron chi connectivity index (χ3n) is 3.26. The fourth-order valence-corrected chi connectivity index (χ4v) is 2.12. The van der Waals surface area contributed by atoms with Gasteiger partial charge in [0.05, 0.1) is 12.2 Å². The number of methoxy groups -OCH3 is 1. The molecule has 0 spiro atoms. The molecule has 0 heterocycles. The van der Waals surface area contributed by atoms with Crippen LogP contribution >= 0.6 is 0 Å². The Morgan fingerprint density at radius 3 is 2.43 bits per heavy atom. The van der Waals surface area contributed by atoms with E-state index < -0.39 is 0 Å².